The van der Waals surface area contributed by atoms with Crippen molar-refractivity contribution in [1.82, 2.24) is 19.7 Å². The van der Waals surface area contributed by atoms with Crippen LogP contribution in [-0.4, -0.2) is 26.9 Å². The van der Waals surface area contributed by atoms with E-state index in [4.69, 9.17) is 26.1 Å². The maximum absolute atomic E-state index is 6.28. The number of ether oxygens (including phenoxy) is 2. The molecule has 0 fully saturated rings. The van der Waals surface area contributed by atoms with Crippen molar-refractivity contribution in [3.05, 3.63) is 70.5 Å². The predicted molar refractivity (Wildman–Crippen MR) is 120 cm³/mol. The molecule has 0 atom stereocenters. The summed E-state index contributed by atoms with van der Waals surface area (Å²) in [5.41, 5.74) is 1.94. The Morgan fingerprint density at radius 3 is 2.60 bits per heavy atom. The number of hydrogen-bond donors (Lipinski definition) is 0. The highest BCUT2D eigenvalue weighted by molar-refractivity contribution is 7.98. The van der Waals surface area contributed by atoms with E-state index in [0.29, 0.717) is 17.4 Å². The van der Waals surface area contributed by atoms with Gasteiger partial charge in [0.2, 0.25) is 0 Å². The van der Waals surface area contributed by atoms with Gasteiger partial charge in [0.25, 0.3) is 0 Å². The number of aromatic nitrogens is 4. The molecule has 0 radical (unpaired) electrons. The molecule has 0 saturated heterocycles. The van der Waals surface area contributed by atoms with Gasteiger partial charge in [-0.15, -0.1) is 21.5 Å². The lowest BCUT2D eigenvalue weighted by molar-refractivity contribution is 0.290. The Morgan fingerprint density at radius 2 is 1.83 bits per heavy atom. The van der Waals surface area contributed by atoms with Crippen LogP contribution in [0, 0.1) is 0 Å². The van der Waals surface area contributed by atoms with Crippen LogP contribution < -0.4 is 9.47 Å². The number of methoxy groups -OCH3 is 1. The number of hydrogen-bond acceptors (Lipinski definition) is 7. The second kappa shape index (κ2) is 9.51. The molecule has 2 heterocycles. The molecule has 0 saturated carbocycles. The van der Waals surface area contributed by atoms with E-state index in [0.717, 1.165) is 38.7 Å². The molecule has 9 heteroatoms. The second-order valence-corrected chi connectivity index (χ2v) is 8.54. The van der Waals surface area contributed by atoms with Crippen LogP contribution in [0.25, 0.3) is 10.6 Å². The van der Waals surface area contributed by atoms with Crippen LogP contribution in [0.15, 0.2) is 59.1 Å². The smallest absolute Gasteiger partial charge is 0.191 e. The van der Waals surface area contributed by atoms with Gasteiger partial charge in [0.15, 0.2) is 11.0 Å². The van der Waals surface area contributed by atoms with Crippen molar-refractivity contribution in [3.63, 3.8) is 0 Å². The Morgan fingerprint density at radius 1 is 1.07 bits per heavy atom. The van der Waals surface area contributed by atoms with E-state index in [1.807, 2.05) is 60.1 Å². The zero-order valence-corrected chi connectivity index (χ0v) is 18.8. The van der Waals surface area contributed by atoms with Crippen molar-refractivity contribution in [2.75, 3.05) is 7.11 Å². The maximum Gasteiger partial charge on any atom is 0.191 e. The van der Waals surface area contributed by atoms with Gasteiger partial charge in [0, 0.05) is 23.7 Å². The van der Waals surface area contributed by atoms with E-state index in [1.54, 1.807) is 30.2 Å². The molecule has 4 aromatic rings. The third kappa shape index (κ3) is 4.77. The third-order valence-electron chi connectivity index (χ3n) is 4.36. The van der Waals surface area contributed by atoms with Crippen molar-refractivity contribution in [1.29, 1.82) is 0 Å². The average Bonchev–Trinajstić information content (AvgIpc) is 3.38. The minimum Gasteiger partial charge on any atom is -0.497 e. The molecule has 2 aromatic heterocycles. The monoisotopic (exact) mass is 458 g/mol. The largest absolute Gasteiger partial charge is 0.497 e. The molecule has 30 heavy (non-hydrogen) atoms. The van der Waals surface area contributed by atoms with Crippen LogP contribution >= 0.6 is 34.7 Å². The van der Waals surface area contributed by atoms with Crippen molar-refractivity contribution in [2.45, 2.75) is 17.5 Å². The fraction of sp³-hybridized carbons (Fsp3) is 0.190. The van der Waals surface area contributed by atoms with Crippen LogP contribution in [0.5, 0.6) is 11.5 Å². The van der Waals surface area contributed by atoms with E-state index in [2.05, 4.69) is 15.6 Å². The van der Waals surface area contributed by atoms with E-state index >= 15 is 0 Å². The number of thioether (sulfide) groups is 1. The van der Waals surface area contributed by atoms with Gasteiger partial charge in [-0.05, 0) is 30.3 Å². The van der Waals surface area contributed by atoms with Gasteiger partial charge in [0.05, 0.1) is 17.8 Å². The van der Waals surface area contributed by atoms with Gasteiger partial charge < -0.3 is 14.0 Å². The number of nitrogens with zero attached hydrogens (tertiary/aromatic N) is 4. The van der Waals surface area contributed by atoms with Crippen molar-refractivity contribution < 1.29 is 9.47 Å². The molecular weight excluding hydrogens is 440 g/mol. The molecule has 2 aromatic carbocycles. The molecule has 154 valence electrons. The number of rotatable bonds is 8. The second-order valence-electron chi connectivity index (χ2n) is 6.33. The summed E-state index contributed by atoms with van der Waals surface area (Å²) in [7, 11) is 3.57. The standard InChI is InChI=1S/C21H19ClN4O2S2/c1-26-19(11-28-16-9-7-15(27-2)8-10-16)24-25-21(26)30-13-14-12-29-20(23-14)17-5-3-4-6-18(17)22/h3-10,12H,11,13H2,1-2H3. The number of thiazole rings is 1. The summed E-state index contributed by atoms with van der Waals surface area (Å²) in [6, 6.07) is 15.2. The molecule has 4 rings (SSSR count). The summed E-state index contributed by atoms with van der Waals surface area (Å²) in [6.45, 7) is 0.337. The van der Waals surface area contributed by atoms with E-state index < -0.39 is 0 Å². The van der Waals surface area contributed by atoms with Crippen LogP contribution in [0.4, 0.5) is 0 Å². The van der Waals surface area contributed by atoms with E-state index in [1.165, 1.54) is 0 Å². The highest BCUT2D eigenvalue weighted by Gasteiger charge is 2.13. The molecular formula is C21H19ClN4O2S2. The molecule has 6 nitrogen and oxygen atoms in total. The predicted octanol–water partition coefficient (Wildman–Crippen LogP) is 5.47. The minimum atomic E-state index is 0.337. The molecule has 0 amide bonds. The molecule has 0 unspecified atom stereocenters. The van der Waals surface area contributed by atoms with E-state index in [-0.39, 0.29) is 0 Å². The maximum atomic E-state index is 6.28. The first kappa shape index (κ1) is 20.7. The van der Waals surface area contributed by atoms with Crippen molar-refractivity contribution in [3.8, 4) is 22.1 Å². The zero-order valence-electron chi connectivity index (χ0n) is 16.4. The van der Waals surface area contributed by atoms with Crippen molar-refractivity contribution in [2.24, 2.45) is 7.05 Å². The summed E-state index contributed by atoms with van der Waals surface area (Å²) >= 11 is 9.45. The van der Waals surface area contributed by atoms with Crippen LogP contribution in [0.1, 0.15) is 11.5 Å². The summed E-state index contributed by atoms with van der Waals surface area (Å²) in [5, 5.41) is 13.0. The van der Waals surface area contributed by atoms with Gasteiger partial charge >= 0.3 is 0 Å². The van der Waals surface area contributed by atoms with Crippen LogP contribution in [-0.2, 0) is 19.4 Å². The number of benzene rings is 2. The van der Waals surface area contributed by atoms with Gasteiger partial charge in [0.1, 0.15) is 23.1 Å². The van der Waals surface area contributed by atoms with Gasteiger partial charge in [-0.25, -0.2) is 4.98 Å². The Kier molecular flexibility index (Phi) is 6.56. The SMILES string of the molecule is COc1ccc(OCc2nnc(SCc3csc(-c4ccccc4Cl)n3)n2C)cc1. The third-order valence-corrected chi connectivity index (χ3v) is 6.67. The first-order valence-corrected chi connectivity index (χ1v) is 11.4. The van der Waals surface area contributed by atoms with Crippen LogP contribution in [0.2, 0.25) is 5.02 Å². The first-order chi connectivity index (χ1) is 14.6. The fourth-order valence-corrected chi connectivity index (χ4v) is 4.75. The lowest BCUT2D eigenvalue weighted by Crippen LogP contribution is -2.04. The zero-order chi connectivity index (χ0) is 20.9. The van der Waals surface area contributed by atoms with E-state index in [9.17, 15) is 0 Å². The summed E-state index contributed by atoms with van der Waals surface area (Å²) in [6.07, 6.45) is 0. The summed E-state index contributed by atoms with van der Waals surface area (Å²) in [5.74, 6) is 3.00. The van der Waals surface area contributed by atoms with Gasteiger partial charge in [-0.1, -0.05) is 41.6 Å². The summed E-state index contributed by atoms with van der Waals surface area (Å²) in [4.78, 5) is 4.70. The quantitative estimate of drug-likeness (QED) is 0.326. The van der Waals surface area contributed by atoms with Gasteiger partial charge in [-0.2, -0.15) is 0 Å². The molecule has 0 bridgehead atoms. The molecule has 0 aliphatic rings. The Hall–Kier alpha value is -2.55. The lowest BCUT2D eigenvalue weighted by atomic mass is 10.2. The highest BCUT2D eigenvalue weighted by Crippen LogP contribution is 2.31. The highest BCUT2D eigenvalue weighted by atomic mass is 35.5. The first-order valence-electron chi connectivity index (χ1n) is 9.11. The fourth-order valence-electron chi connectivity index (χ4n) is 2.69. The Labute approximate surface area is 187 Å². The Bertz CT molecular complexity index is 1130. The minimum absolute atomic E-state index is 0.337. The Balaban J connectivity index is 1.36. The molecule has 0 N–H and O–H groups in total. The molecule has 0 spiro atoms. The average molecular weight is 459 g/mol. The van der Waals surface area contributed by atoms with Crippen molar-refractivity contribution >= 4 is 34.7 Å². The topological polar surface area (TPSA) is 62.1 Å². The van der Waals surface area contributed by atoms with Gasteiger partial charge in [-0.3, -0.25) is 0 Å². The summed E-state index contributed by atoms with van der Waals surface area (Å²) < 4.78 is 12.9. The van der Waals surface area contributed by atoms with Crippen LogP contribution in [0.3, 0.4) is 0 Å². The molecule has 0 aliphatic heterocycles. The number of halogens is 1. The lowest BCUT2D eigenvalue weighted by Gasteiger charge is -2.07. The normalized spacial score (nSPS) is 10.9. The molecule has 0 aliphatic carbocycles.